The van der Waals surface area contributed by atoms with Crippen LogP contribution in [-0.2, 0) is 16.6 Å². The number of rotatable bonds is 6. The second-order valence-corrected chi connectivity index (χ2v) is 9.30. The molecule has 0 unspecified atom stereocenters. The molecule has 30 heavy (non-hydrogen) atoms. The highest BCUT2D eigenvalue weighted by Crippen LogP contribution is 2.25. The Labute approximate surface area is 174 Å². The van der Waals surface area contributed by atoms with Crippen molar-refractivity contribution < 1.29 is 22.1 Å². The largest absolute Gasteiger partial charge is 0.484 e. The zero-order valence-corrected chi connectivity index (χ0v) is 17.3. The SMILES string of the molecule is CC1CCN(S(=O)(=O)c2ccc(-c3noc(COc4ccc(F)cc4)n3)cc2)CC1. The maximum atomic E-state index is 12.9. The van der Waals surface area contributed by atoms with Crippen molar-refractivity contribution in [3.8, 4) is 17.1 Å². The second kappa shape index (κ2) is 8.53. The first-order valence-corrected chi connectivity index (χ1v) is 11.2. The predicted molar refractivity (Wildman–Crippen MR) is 108 cm³/mol. The van der Waals surface area contributed by atoms with E-state index in [2.05, 4.69) is 17.1 Å². The van der Waals surface area contributed by atoms with Crippen LogP contribution in [0.5, 0.6) is 5.75 Å². The molecule has 0 N–H and O–H groups in total. The second-order valence-electron chi connectivity index (χ2n) is 7.37. The molecule has 0 saturated carbocycles. The number of sulfonamides is 1. The number of benzene rings is 2. The zero-order valence-electron chi connectivity index (χ0n) is 16.5. The quantitative estimate of drug-likeness (QED) is 0.589. The summed E-state index contributed by atoms with van der Waals surface area (Å²) in [6, 6.07) is 12.1. The van der Waals surface area contributed by atoms with Crippen LogP contribution in [0.2, 0.25) is 0 Å². The maximum Gasteiger partial charge on any atom is 0.264 e. The van der Waals surface area contributed by atoms with E-state index < -0.39 is 10.0 Å². The van der Waals surface area contributed by atoms with Gasteiger partial charge in [0.25, 0.3) is 5.89 Å². The molecule has 0 aliphatic carbocycles. The third kappa shape index (κ3) is 4.52. The van der Waals surface area contributed by atoms with Crippen LogP contribution in [0.3, 0.4) is 0 Å². The lowest BCUT2D eigenvalue weighted by Gasteiger charge is -2.29. The molecule has 1 aliphatic heterocycles. The van der Waals surface area contributed by atoms with Crippen LogP contribution >= 0.6 is 0 Å². The van der Waals surface area contributed by atoms with Gasteiger partial charge in [0.2, 0.25) is 15.8 Å². The summed E-state index contributed by atoms with van der Waals surface area (Å²) in [5.41, 5.74) is 0.637. The van der Waals surface area contributed by atoms with Gasteiger partial charge < -0.3 is 9.26 Å². The molecule has 0 spiro atoms. The van der Waals surface area contributed by atoms with Gasteiger partial charge in [-0.2, -0.15) is 9.29 Å². The van der Waals surface area contributed by atoms with E-state index in [4.69, 9.17) is 9.26 Å². The minimum absolute atomic E-state index is 0.0402. The lowest BCUT2D eigenvalue weighted by atomic mass is 10.0. The Kier molecular flexibility index (Phi) is 5.83. The molecule has 0 radical (unpaired) electrons. The van der Waals surface area contributed by atoms with E-state index >= 15 is 0 Å². The third-order valence-corrected chi connectivity index (χ3v) is 7.05. The Bertz CT molecular complexity index is 1090. The number of halogens is 1. The van der Waals surface area contributed by atoms with Crippen LogP contribution in [0, 0.1) is 11.7 Å². The molecular weight excluding hydrogens is 409 g/mol. The van der Waals surface area contributed by atoms with Gasteiger partial charge in [-0.25, -0.2) is 12.8 Å². The van der Waals surface area contributed by atoms with Gasteiger partial charge in [-0.05, 0) is 67.3 Å². The number of hydrogen-bond acceptors (Lipinski definition) is 6. The zero-order chi connectivity index (χ0) is 21.1. The minimum atomic E-state index is -3.50. The fourth-order valence-electron chi connectivity index (χ4n) is 3.26. The molecule has 1 aromatic heterocycles. The summed E-state index contributed by atoms with van der Waals surface area (Å²) in [7, 11) is -3.50. The molecule has 2 heterocycles. The summed E-state index contributed by atoms with van der Waals surface area (Å²) in [5.74, 6) is 1.29. The molecule has 0 atom stereocenters. The van der Waals surface area contributed by atoms with Crippen LogP contribution < -0.4 is 4.74 Å². The van der Waals surface area contributed by atoms with Crippen LogP contribution in [0.4, 0.5) is 4.39 Å². The Morgan fingerprint density at radius 3 is 2.43 bits per heavy atom. The van der Waals surface area contributed by atoms with Crippen LogP contribution in [0.1, 0.15) is 25.7 Å². The number of piperidine rings is 1. The predicted octanol–water partition coefficient (Wildman–Crippen LogP) is 3.88. The Balaban J connectivity index is 1.42. The molecule has 158 valence electrons. The molecule has 4 rings (SSSR count). The third-order valence-electron chi connectivity index (χ3n) is 5.14. The van der Waals surface area contributed by atoms with Crippen LogP contribution in [0.15, 0.2) is 57.9 Å². The first-order valence-electron chi connectivity index (χ1n) is 9.73. The number of nitrogens with zero attached hydrogens (tertiary/aromatic N) is 3. The first kappa shape index (κ1) is 20.5. The molecule has 0 amide bonds. The normalized spacial score (nSPS) is 15.9. The van der Waals surface area contributed by atoms with E-state index in [1.165, 1.54) is 24.3 Å². The highest BCUT2D eigenvalue weighted by Gasteiger charge is 2.28. The minimum Gasteiger partial charge on any atom is -0.484 e. The van der Waals surface area contributed by atoms with Crippen molar-refractivity contribution in [3.63, 3.8) is 0 Å². The van der Waals surface area contributed by atoms with Gasteiger partial charge >= 0.3 is 0 Å². The fourth-order valence-corrected chi connectivity index (χ4v) is 4.73. The average Bonchev–Trinajstić information content (AvgIpc) is 3.23. The van der Waals surface area contributed by atoms with Crippen molar-refractivity contribution in [2.24, 2.45) is 5.92 Å². The number of ether oxygens (including phenoxy) is 1. The molecule has 7 nitrogen and oxygen atoms in total. The van der Waals surface area contributed by atoms with Crippen molar-refractivity contribution >= 4 is 10.0 Å². The van der Waals surface area contributed by atoms with Crippen LogP contribution in [-0.4, -0.2) is 36.0 Å². The van der Waals surface area contributed by atoms with Crippen molar-refractivity contribution in [1.29, 1.82) is 0 Å². The molecule has 1 fully saturated rings. The summed E-state index contributed by atoms with van der Waals surface area (Å²) in [6.45, 7) is 3.28. The van der Waals surface area contributed by atoms with Gasteiger partial charge in [-0.1, -0.05) is 12.1 Å². The van der Waals surface area contributed by atoms with E-state index in [0.29, 0.717) is 36.1 Å². The van der Waals surface area contributed by atoms with Gasteiger partial charge in [-0.15, -0.1) is 0 Å². The van der Waals surface area contributed by atoms with Gasteiger partial charge in [0.1, 0.15) is 11.6 Å². The van der Waals surface area contributed by atoms with E-state index in [1.54, 1.807) is 28.6 Å². The van der Waals surface area contributed by atoms with E-state index in [9.17, 15) is 12.8 Å². The summed E-state index contributed by atoms with van der Waals surface area (Å²) < 4.78 is 50.8. The molecule has 1 aliphatic rings. The summed E-state index contributed by atoms with van der Waals surface area (Å²) in [6.07, 6.45) is 1.76. The van der Waals surface area contributed by atoms with E-state index in [-0.39, 0.29) is 23.2 Å². The summed E-state index contributed by atoms with van der Waals surface area (Å²) in [5, 5.41) is 3.92. The van der Waals surface area contributed by atoms with Gasteiger partial charge in [0.05, 0.1) is 4.90 Å². The fraction of sp³-hybridized carbons (Fsp3) is 0.333. The van der Waals surface area contributed by atoms with Gasteiger partial charge in [-0.3, -0.25) is 0 Å². The highest BCUT2D eigenvalue weighted by molar-refractivity contribution is 7.89. The van der Waals surface area contributed by atoms with Crippen molar-refractivity contribution in [2.75, 3.05) is 13.1 Å². The summed E-state index contributed by atoms with van der Waals surface area (Å²) >= 11 is 0. The highest BCUT2D eigenvalue weighted by atomic mass is 32.2. The smallest absolute Gasteiger partial charge is 0.264 e. The standard InChI is InChI=1S/C21H22FN3O4S/c1-15-10-12-25(13-11-15)30(26,27)19-8-2-16(3-9-19)21-23-20(29-24-21)14-28-18-6-4-17(22)5-7-18/h2-9,15H,10-14H2,1H3. The Hall–Kier alpha value is -2.78. The Morgan fingerprint density at radius 2 is 1.77 bits per heavy atom. The molecular formula is C21H22FN3O4S. The lowest BCUT2D eigenvalue weighted by molar-refractivity contribution is 0.242. The topological polar surface area (TPSA) is 85.5 Å². The van der Waals surface area contributed by atoms with Crippen molar-refractivity contribution in [2.45, 2.75) is 31.3 Å². The van der Waals surface area contributed by atoms with Gasteiger partial charge in [0, 0.05) is 18.7 Å². The molecule has 1 saturated heterocycles. The number of aromatic nitrogens is 2. The first-order chi connectivity index (χ1) is 14.4. The molecule has 9 heteroatoms. The lowest BCUT2D eigenvalue weighted by Crippen LogP contribution is -2.37. The Morgan fingerprint density at radius 1 is 1.10 bits per heavy atom. The van der Waals surface area contributed by atoms with E-state index in [0.717, 1.165) is 12.8 Å². The summed E-state index contributed by atoms with van der Waals surface area (Å²) in [4.78, 5) is 4.52. The maximum absolute atomic E-state index is 12.9. The van der Waals surface area contributed by atoms with Crippen molar-refractivity contribution in [1.82, 2.24) is 14.4 Å². The molecule has 0 bridgehead atoms. The van der Waals surface area contributed by atoms with Crippen LogP contribution in [0.25, 0.3) is 11.4 Å². The monoisotopic (exact) mass is 431 g/mol. The molecule has 3 aromatic rings. The van der Waals surface area contributed by atoms with E-state index in [1.807, 2.05) is 0 Å². The average molecular weight is 431 g/mol. The van der Waals surface area contributed by atoms with Gasteiger partial charge in [0.15, 0.2) is 6.61 Å². The molecule has 2 aromatic carbocycles. The van der Waals surface area contributed by atoms with Crippen molar-refractivity contribution in [3.05, 3.63) is 60.2 Å². The number of hydrogen-bond donors (Lipinski definition) is 0.